The first-order chi connectivity index (χ1) is 9.60. The largest absolute Gasteiger partial charge is 0.409 e. The summed E-state index contributed by atoms with van der Waals surface area (Å²) in [5.41, 5.74) is 5.15. The SMILES string of the molecule is CN(CC1CCC1)C(=O)C1(C(N)=NO)CCCCCC1. The number of rotatable bonds is 4. The zero-order valence-electron chi connectivity index (χ0n) is 12.5. The molecule has 0 spiro atoms. The Morgan fingerprint density at radius 2 is 1.85 bits per heavy atom. The highest BCUT2D eigenvalue weighted by Gasteiger charge is 2.45. The van der Waals surface area contributed by atoms with Gasteiger partial charge < -0.3 is 15.8 Å². The molecular formula is C15H27N3O2. The van der Waals surface area contributed by atoms with Crippen LogP contribution in [-0.4, -0.2) is 35.4 Å². The predicted molar refractivity (Wildman–Crippen MR) is 78.5 cm³/mol. The van der Waals surface area contributed by atoms with Gasteiger partial charge in [-0.3, -0.25) is 4.79 Å². The van der Waals surface area contributed by atoms with Gasteiger partial charge in [-0.2, -0.15) is 0 Å². The van der Waals surface area contributed by atoms with Crippen LogP contribution in [0.4, 0.5) is 0 Å². The van der Waals surface area contributed by atoms with E-state index in [9.17, 15) is 4.79 Å². The van der Waals surface area contributed by atoms with Crippen LogP contribution in [0.25, 0.3) is 0 Å². The van der Waals surface area contributed by atoms with Crippen LogP contribution in [0.15, 0.2) is 5.16 Å². The van der Waals surface area contributed by atoms with E-state index in [0.29, 0.717) is 18.8 Å². The number of hydrogen-bond donors (Lipinski definition) is 2. The molecule has 0 aromatic heterocycles. The van der Waals surface area contributed by atoms with E-state index in [0.717, 1.165) is 32.2 Å². The van der Waals surface area contributed by atoms with Gasteiger partial charge in [0, 0.05) is 13.6 Å². The maximum atomic E-state index is 12.9. The third kappa shape index (κ3) is 2.91. The lowest BCUT2D eigenvalue weighted by Crippen LogP contribution is -2.51. The van der Waals surface area contributed by atoms with E-state index in [1.165, 1.54) is 19.3 Å². The predicted octanol–water partition coefficient (Wildman–Crippen LogP) is 2.33. The smallest absolute Gasteiger partial charge is 0.236 e. The van der Waals surface area contributed by atoms with E-state index < -0.39 is 5.41 Å². The van der Waals surface area contributed by atoms with Crippen molar-refractivity contribution in [3.05, 3.63) is 0 Å². The Labute approximate surface area is 121 Å². The van der Waals surface area contributed by atoms with Crippen LogP contribution in [0.1, 0.15) is 57.8 Å². The standard InChI is InChI=1S/C15H27N3O2/c1-18(11-12-7-6-8-12)14(19)15(13(16)17-20)9-4-2-3-5-10-15/h12,20H,2-11H2,1H3,(H2,16,17). The summed E-state index contributed by atoms with van der Waals surface area (Å²) < 4.78 is 0. The lowest BCUT2D eigenvalue weighted by atomic mass is 9.77. The Hall–Kier alpha value is -1.26. The van der Waals surface area contributed by atoms with E-state index in [2.05, 4.69) is 5.16 Å². The first-order valence-corrected chi connectivity index (χ1v) is 7.84. The highest BCUT2D eigenvalue weighted by Crippen LogP contribution is 2.38. The molecule has 1 amide bonds. The molecule has 0 radical (unpaired) electrons. The number of carbonyl (C=O) groups excluding carboxylic acids is 1. The Bertz CT molecular complexity index is 369. The summed E-state index contributed by atoms with van der Waals surface area (Å²) in [6.45, 7) is 0.805. The average Bonchev–Trinajstić information content (AvgIpc) is 2.67. The monoisotopic (exact) mass is 281 g/mol. The second-order valence-electron chi connectivity index (χ2n) is 6.46. The van der Waals surface area contributed by atoms with E-state index in [1.807, 2.05) is 11.9 Å². The van der Waals surface area contributed by atoms with Gasteiger partial charge in [0.25, 0.3) is 0 Å². The first kappa shape index (κ1) is 15.1. The number of oxime groups is 1. The van der Waals surface area contributed by atoms with Gasteiger partial charge in [0.2, 0.25) is 5.91 Å². The van der Waals surface area contributed by atoms with Crippen molar-refractivity contribution in [3.8, 4) is 0 Å². The lowest BCUT2D eigenvalue weighted by Gasteiger charge is -2.37. The summed E-state index contributed by atoms with van der Waals surface area (Å²) in [5.74, 6) is 0.783. The molecule has 0 aromatic carbocycles. The van der Waals surface area contributed by atoms with Gasteiger partial charge in [-0.05, 0) is 31.6 Å². The van der Waals surface area contributed by atoms with Crippen molar-refractivity contribution >= 4 is 11.7 Å². The minimum atomic E-state index is -0.774. The van der Waals surface area contributed by atoms with Crippen molar-refractivity contribution in [1.29, 1.82) is 0 Å². The van der Waals surface area contributed by atoms with Gasteiger partial charge in [-0.1, -0.05) is 37.3 Å². The molecule has 114 valence electrons. The molecule has 5 nitrogen and oxygen atoms in total. The number of nitrogens with zero attached hydrogens (tertiary/aromatic N) is 2. The van der Waals surface area contributed by atoms with Crippen LogP contribution in [0.3, 0.4) is 0 Å². The summed E-state index contributed by atoms with van der Waals surface area (Å²) in [6, 6.07) is 0. The molecule has 2 rings (SSSR count). The van der Waals surface area contributed by atoms with Crippen molar-refractivity contribution in [2.24, 2.45) is 22.2 Å². The molecule has 2 aliphatic rings. The molecule has 0 aliphatic heterocycles. The van der Waals surface area contributed by atoms with Gasteiger partial charge in [0.15, 0.2) is 5.84 Å². The molecule has 0 saturated heterocycles. The molecule has 5 heteroatoms. The Morgan fingerprint density at radius 1 is 1.25 bits per heavy atom. The van der Waals surface area contributed by atoms with Gasteiger partial charge in [0.1, 0.15) is 5.41 Å². The van der Waals surface area contributed by atoms with Crippen molar-refractivity contribution in [2.75, 3.05) is 13.6 Å². The number of amidine groups is 1. The molecule has 0 atom stereocenters. The second kappa shape index (κ2) is 6.46. The van der Waals surface area contributed by atoms with Gasteiger partial charge >= 0.3 is 0 Å². The van der Waals surface area contributed by atoms with Crippen molar-refractivity contribution in [3.63, 3.8) is 0 Å². The molecule has 0 bridgehead atoms. The first-order valence-electron chi connectivity index (χ1n) is 7.84. The summed E-state index contributed by atoms with van der Waals surface area (Å²) in [6.07, 6.45) is 9.31. The minimum absolute atomic E-state index is 0.0431. The molecule has 20 heavy (non-hydrogen) atoms. The third-order valence-corrected chi connectivity index (χ3v) is 5.07. The number of carbonyl (C=O) groups is 1. The highest BCUT2D eigenvalue weighted by atomic mass is 16.4. The van der Waals surface area contributed by atoms with E-state index in [-0.39, 0.29) is 11.7 Å². The summed E-state index contributed by atoms with van der Waals surface area (Å²) in [5, 5.41) is 12.3. The summed E-state index contributed by atoms with van der Waals surface area (Å²) in [4.78, 5) is 14.7. The van der Waals surface area contributed by atoms with E-state index >= 15 is 0 Å². The van der Waals surface area contributed by atoms with Crippen LogP contribution in [-0.2, 0) is 4.79 Å². The zero-order valence-corrected chi connectivity index (χ0v) is 12.5. The zero-order chi connectivity index (χ0) is 14.6. The maximum Gasteiger partial charge on any atom is 0.236 e. The van der Waals surface area contributed by atoms with Crippen LogP contribution in [0, 0.1) is 11.3 Å². The van der Waals surface area contributed by atoms with E-state index in [4.69, 9.17) is 10.9 Å². The Morgan fingerprint density at radius 3 is 2.30 bits per heavy atom. The molecule has 0 unspecified atom stereocenters. The molecule has 0 heterocycles. The van der Waals surface area contributed by atoms with E-state index in [1.54, 1.807) is 0 Å². The Balaban J connectivity index is 2.13. The van der Waals surface area contributed by atoms with Crippen LogP contribution < -0.4 is 5.73 Å². The van der Waals surface area contributed by atoms with Gasteiger partial charge in [0.05, 0.1) is 0 Å². The van der Waals surface area contributed by atoms with Crippen LogP contribution >= 0.6 is 0 Å². The third-order valence-electron chi connectivity index (χ3n) is 5.07. The van der Waals surface area contributed by atoms with Gasteiger partial charge in [-0.15, -0.1) is 0 Å². The maximum absolute atomic E-state index is 12.9. The summed E-state index contributed by atoms with van der Waals surface area (Å²) >= 11 is 0. The average molecular weight is 281 g/mol. The summed E-state index contributed by atoms with van der Waals surface area (Å²) in [7, 11) is 1.86. The van der Waals surface area contributed by atoms with Gasteiger partial charge in [-0.25, -0.2) is 0 Å². The molecule has 2 fully saturated rings. The van der Waals surface area contributed by atoms with Crippen molar-refractivity contribution in [2.45, 2.75) is 57.8 Å². The fourth-order valence-corrected chi connectivity index (χ4v) is 3.52. The number of amides is 1. The van der Waals surface area contributed by atoms with Crippen LogP contribution in [0.5, 0.6) is 0 Å². The van der Waals surface area contributed by atoms with Crippen molar-refractivity contribution in [1.82, 2.24) is 4.90 Å². The number of hydrogen-bond acceptors (Lipinski definition) is 3. The Kier molecular flexibility index (Phi) is 4.89. The molecule has 0 aromatic rings. The van der Waals surface area contributed by atoms with Crippen LogP contribution in [0.2, 0.25) is 0 Å². The second-order valence-corrected chi connectivity index (χ2v) is 6.46. The normalized spacial score (nSPS) is 23.8. The fourth-order valence-electron chi connectivity index (χ4n) is 3.52. The topological polar surface area (TPSA) is 78.9 Å². The lowest BCUT2D eigenvalue weighted by molar-refractivity contribution is -0.138. The number of nitrogens with two attached hydrogens (primary N) is 1. The quantitative estimate of drug-likeness (QED) is 0.273. The highest BCUT2D eigenvalue weighted by molar-refractivity contribution is 6.06. The minimum Gasteiger partial charge on any atom is -0.409 e. The molecule has 2 saturated carbocycles. The molecule has 3 N–H and O–H groups in total. The fraction of sp³-hybridized carbons (Fsp3) is 0.867. The van der Waals surface area contributed by atoms with Crippen molar-refractivity contribution < 1.29 is 10.0 Å². The molecule has 2 aliphatic carbocycles. The molecular weight excluding hydrogens is 254 g/mol.